The van der Waals surface area contributed by atoms with Crippen molar-refractivity contribution in [3.8, 4) is 28.7 Å². The van der Waals surface area contributed by atoms with Crippen molar-refractivity contribution in [1.82, 2.24) is 4.98 Å². The second kappa shape index (κ2) is 6.79. The Morgan fingerprint density at radius 3 is 2.59 bits per heavy atom. The molecule has 3 aromatic carbocycles. The summed E-state index contributed by atoms with van der Waals surface area (Å²) in [5, 5.41) is 2.37. The molecule has 2 nitrogen and oxygen atoms in total. The standard InChI is InChI=1S/C27H21NO/c1-3-4-15-29-22-12-10-19-16-21(11-9-20(19)17-22)27(2)25-8-6-5-7-23(25)24-18-28-14-13-26(24)27/h5-14,16-18H,15H2,1-2H3. The number of aromatic nitrogens is 1. The van der Waals surface area contributed by atoms with E-state index in [4.69, 9.17) is 4.74 Å². The number of hydrogen-bond donors (Lipinski definition) is 0. The minimum atomic E-state index is -0.199. The molecule has 1 aromatic heterocycles. The molecule has 29 heavy (non-hydrogen) atoms. The van der Waals surface area contributed by atoms with Gasteiger partial charge in [-0.05, 0) is 71.1 Å². The monoisotopic (exact) mass is 375 g/mol. The van der Waals surface area contributed by atoms with E-state index in [0.29, 0.717) is 6.61 Å². The maximum absolute atomic E-state index is 5.72. The van der Waals surface area contributed by atoms with Gasteiger partial charge in [0.05, 0.1) is 0 Å². The molecule has 140 valence electrons. The van der Waals surface area contributed by atoms with Crippen LogP contribution in [0.2, 0.25) is 0 Å². The molecule has 1 aliphatic carbocycles. The van der Waals surface area contributed by atoms with E-state index in [1.165, 1.54) is 38.6 Å². The van der Waals surface area contributed by atoms with E-state index in [9.17, 15) is 0 Å². The zero-order valence-electron chi connectivity index (χ0n) is 16.6. The van der Waals surface area contributed by atoms with E-state index in [1.807, 2.05) is 25.4 Å². The lowest BCUT2D eigenvalue weighted by Crippen LogP contribution is -2.22. The molecule has 0 fully saturated rings. The van der Waals surface area contributed by atoms with Crippen LogP contribution in [0, 0.1) is 11.8 Å². The van der Waals surface area contributed by atoms with Gasteiger partial charge in [0.25, 0.3) is 0 Å². The highest BCUT2D eigenvalue weighted by Crippen LogP contribution is 2.52. The molecule has 1 heterocycles. The molecular weight excluding hydrogens is 354 g/mol. The van der Waals surface area contributed by atoms with Crippen LogP contribution in [0.15, 0.2) is 79.1 Å². The Hall–Kier alpha value is -3.57. The van der Waals surface area contributed by atoms with Gasteiger partial charge in [-0.15, -0.1) is 5.92 Å². The Labute approximate surface area is 171 Å². The van der Waals surface area contributed by atoms with E-state index >= 15 is 0 Å². The van der Waals surface area contributed by atoms with E-state index in [0.717, 1.165) is 5.75 Å². The van der Waals surface area contributed by atoms with Crippen LogP contribution < -0.4 is 4.74 Å². The quantitative estimate of drug-likeness (QED) is 0.412. The second-order valence-electron chi connectivity index (χ2n) is 7.53. The SMILES string of the molecule is CC#CCOc1ccc2cc(C3(C)c4ccccc4-c4cnccc43)ccc2c1. The molecule has 0 amide bonds. The number of pyridine rings is 1. The van der Waals surface area contributed by atoms with Gasteiger partial charge in [0, 0.05) is 23.4 Å². The molecule has 1 aliphatic rings. The molecule has 4 aromatic rings. The van der Waals surface area contributed by atoms with Gasteiger partial charge in [-0.2, -0.15) is 0 Å². The fraction of sp³-hybridized carbons (Fsp3) is 0.148. The van der Waals surface area contributed by atoms with Crippen molar-refractivity contribution in [2.45, 2.75) is 19.3 Å². The average molecular weight is 375 g/mol. The van der Waals surface area contributed by atoms with Crippen molar-refractivity contribution in [2.24, 2.45) is 0 Å². The summed E-state index contributed by atoms with van der Waals surface area (Å²) in [6.45, 7) is 4.56. The minimum Gasteiger partial charge on any atom is -0.481 e. The van der Waals surface area contributed by atoms with Gasteiger partial charge < -0.3 is 4.74 Å². The Bertz CT molecular complexity index is 1250. The maximum atomic E-state index is 5.72. The number of fused-ring (bicyclic) bond motifs is 4. The summed E-state index contributed by atoms with van der Waals surface area (Å²) in [7, 11) is 0. The Balaban J connectivity index is 1.63. The molecule has 0 saturated carbocycles. The van der Waals surface area contributed by atoms with Gasteiger partial charge in [-0.25, -0.2) is 0 Å². The smallest absolute Gasteiger partial charge is 0.149 e. The molecule has 1 unspecified atom stereocenters. The molecule has 0 bridgehead atoms. The van der Waals surface area contributed by atoms with Crippen LogP contribution in [-0.2, 0) is 5.41 Å². The van der Waals surface area contributed by atoms with E-state index < -0.39 is 0 Å². The molecule has 1 atom stereocenters. The lowest BCUT2D eigenvalue weighted by atomic mass is 9.74. The van der Waals surface area contributed by atoms with Gasteiger partial charge in [0.2, 0.25) is 0 Å². The molecule has 0 aliphatic heterocycles. The molecule has 0 radical (unpaired) electrons. The van der Waals surface area contributed by atoms with Crippen LogP contribution in [0.5, 0.6) is 5.75 Å². The lowest BCUT2D eigenvalue weighted by Gasteiger charge is -2.28. The second-order valence-corrected chi connectivity index (χ2v) is 7.53. The van der Waals surface area contributed by atoms with Crippen LogP contribution in [0.1, 0.15) is 30.5 Å². The number of hydrogen-bond acceptors (Lipinski definition) is 2. The fourth-order valence-electron chi connectivity index (χ4n) is 4.47. The van der Waals surface area contributed by atoms with Crippen LogP contribution in [-0.4, -0.2) is 11.6 Å². The molecule has 2 heteroatoms. The number of benzene rings is 3. The van der Waals surface area contributed by atoms with Crippen molar-refractivity contribution >= 4 is 10.8 Å². The maximum Gasteiger partial charge on any atom is 0.149 e. The third kappa shape index (κ3) is 2.70. The van der Waals surface area contributed by atoms with Crippen LogP contribution in [0.4, 0.5) is 0 Å². The zero-order chi connectivity index (χ0) is 19.8. The summed E-state index contributed by atoms with van der Waals surface area (Å²) in [5.74, 6) is 6.64. The van der Waals surface area contributed by atoms with Gasteiger partial charge in [-0.3, -0.25) is 4.98 Å². The molecule has 0 spiro atoms. The molecule has 5 rings (SSSR count). The fourth-order valence-corrected chi connectivity index (χ4v) is 4.47. The first-order valence-electron chi connectivity index (χ1n) is 9.83. The predicted octanol–water partition coefficient (Wildman–Crippen LogP) is 5.97. The van der Waals surface area contributed by atoms with E-state index in [-0.39, 0.29) is 5.41 Å². The zero-order valence-corrected chi connectivity index (χ0v) is 16.6. The van der Waals surface area contributed by atoms with Crippen molar-refractivity contribution in [3.63, 3.8) is 0 Å². The number of rotatable bonds is 3. The first-order chi connectivity index (χ1) is 14.2. The topological polar surface area (TPSA) is 22.1 Å². The van der Waals surface area contributed by atoms with Crippen molar-refractivity contribution in [2.75, 3.05) is 6.61 Å². The molecule has 0 saturated heterocycles. The normalized spacial score (nSPS) is 16.6. The highest BCUT2D eigenvalue weighted by Gasteiger charge is 2.40. The highest BCUT2D eigenvalue weighted by molar-refractivity contribution is 5.87. The summed E-state index contributed by atoms with van der Waals surface area (Å²) in [5.41, 5.74) is 6.24. The summed E-state index contributed by atoms with van der Waals surface area (Å²) in [6, 6.07) is 23.8. The van der Waals surface area contributed by atoms with E-state index in [2.05, 4.69) is 84.4 Å². The third-order valence-electron chi connectivity index (χ3n) is 5.99. The molecule has 0 N–H and O–H groups in total. The number of nitrogens with zero attached hydrogens (tertiary/aromatic N) is 1. The minimum absolute atomic E-state index is 0.199. The van der Waals surface area contributed by atoms with Gasteiger partial charge in [-0.1, -0.05) is 48.4 Å². The third-order valence-corrected chi connectivity index (χ3v) is 5.99. The summed E-state index contributed by atoms with van der Waals surface area (Å²) in [6.07, 6.45) is 3.89. The number of ether oxygens (including phenoxy) is 1. The Kier molecular flexibility index (Phi) is 4.11. The lowest BCUT2D eigenvalue weighted by molar-refractivity contribution is 0.371. The Morgan fingerprint density at radius 1 is 0.897 bits per heavy atom. The summed E-state index contributed by atoms with van der Waals surface area (Å²) in [4.78, 5) is 4.38. The van der Waals surface area contributed by atoms with Gasteiger partial charge >= 0.3 is 0 Å². The van der Waals surface area contributed by atoms with Gasteiger partial charge in [0.15, 0.2) is 0 Å². The van der Waals surface area contributed by atoms with Crippen molar-refractivity contribution < 1.29 is 4.74 Å². The van der Waals surface area contributed by atoms with Crippen molar-refractivity contribution in [1.29, 1.82) is 0 Å². The predicted molar refractivity (Wildman–Crippen MR) is 118 cm³/mol. The first kappa shape index (κ1) is 17.5. The van der Waals surface area contributed by atoms with Gasteiger partial charge in [0.1, 0.15) is 12.4 Å². The Morgan fingerprint density at radius 2 is 1.69 bits per heavy atom. The largest absolute Gasteiger partial charge is 0.481 e. The summed E-state index contributed by atoms with van der Waals surface area (Å²) < 4.78 is 5.72. The van der Waals surface area contributed by atoms with Crippen LogP contribution in [0.25, 0.3) is 21.9 Å². The van der Waals surface area contributed by atoms with Crippen LogP contribution >= 0.6 is 0 Å². The first-order valence-corrected chi connectivity index (χ1v) is 9.83. The van der Waals surface area contributed by atoms with E-state index in [1.54, 1.807) is 0 Å². The molecular formula is C27H21NO. The highest BCUT2D eigenvalue weighted by atomic mass is 16.5. The van der Waals surface area contributed by atoms with Crippen molar-refractivity contribution in [3.05, 3.63) is 95.8 Å². The summed E-state index contributed by atoms with van der Waals surface area (Å²) >= 11 is 0. The average Bonchev–Trinajstić information content (AvgIpc) is 3.04. The van der Waals surface area contributed by atoms with Crippen LogP contribution in [0.3, 0.4) is 0 Å².